The van der Waals surface area contributed by atoms with Crippen LogP contribution in [0.15, 0.2) is 18.3 Å². The predicted octanol–water partition coefficient (Wildman–Crippen LogP) is 2.83. The molecular formula is C13H15IN2O2. The van der Waals surface area contributed by atoms with Crippen molar-refractivity contribution in [1.82, 2.24) is 9.78 Å². The average molecular weight is 358 g/mol. The maximum atomic E-state index is 9.46. The summed E-state index contributed by atoms with van der Waals surface area (Å²) in [6, 6.07) is 4.08. The first-order valence-corrected chi connectivity index (χ1v) is 7.26. The summed E-state index contributed by atoms with van der Waals surface area (Å²) in [5.41, 5.74) is 2.00. The van der Waals surface area contributed by atoms with Gasteiger partial charge in [-0.05, 0) is 54.0 Å². The highest BCUT2D eigenvalue weighted by Gasteiger charge is 2.19. The van der Waals surface area contributed by atoms with E-state index in [1.807, 2.05) is 16.9 Å². The molecule has 0 radical (unpaired) electrons. The van der Waals surface area contributed by atoms with E-state index in [2.05, 4.69) is 33.8 Å². The van der Waals surface area contributed by atoms with Crippen LogP contribution in [0, 0.1) is 3.57 Å². The third-order valence-corrected chi connectivity index (χ3v) is 4.43. The van der Waals surface area contributed by atoms with Crippen LogP contribution in [0.5, 0.6) is 0 Å². The van der Waals surface area contributed by atoms with Crippen LogP contribution < -0.4 is 0 Å². The van der Waals surface area contributed by atoms with Crippen molar-refractivity contribution in [1.29, 1.82) is 0 Å². The molecule has 1 fully saturated rings. The van der Waals surface area contributed by atoms with Crippen molar-refractivity contribution in [3.05, 3.63) is 27.5 Å². The topological polar surface area (TPSA) is 47.3 Å². The monoisotopic (exact) mass is 358 g/mol. The Hall–Kier alpha value is -0.660. The smallest absolute Gasteiger partial charge is 0.150 e. The van der Waals surface area contributed by atoms with Crippen molar-refractivity contribution in [3.63, 3.8) is 0 Å². The molecular weight excluding hydrogens is 343 g/mol. The summed E-state index contributed by atoms with van der Waals surface area (Å²) >= 11 is 2.24. The summed E-state index contributed by atoms with van der Waals surface area (Å²) in [4.78, 5) is 0. The number of rotatable bonds is 2. The van der Waals surface area contributed by atoms with Gasteiger partial charge >= 0.3 is 0 Å². The third-order valence-electron chi connectivity index (χ3n) is 3.42. The SMILES string of the molecule is OCc1c(I)ccc2c1cnn2C1CCCCO1. The molecule has 0 aliphatic carbocycles. The number of fused-ring (bicyclic) bond motifs is 1. The van der Waals surface area contributed by atoms with Crippen molar-refractivity contribution in [2.75, 3.05) is 6.61 Å². The van der Waals surface area contributed by atoms with Gasteiger partial charge in [-0.1, -0.05) is 0 Å². The molecule has 96 valence electrons. The van der Waals surface area contributed by atoms with E-state index in [9.17, 15) is 5.11 Å². The number of halogens is 1. The van der Waals surface area contributed by atoms with Crippen LogP contribution in [0.1, 0.15) is 31.1 Å². The van der Waals surface area contributed by atoms with E-state index in [1.165, 1.54) is 6.42 Å². The maximum absolute atomic E-state index is 9.46. The van der Waals surface area contributed by atoms with Crippen molar-refractivity contribution >= 4 is 33.5 Å². The first-order chi connectivity index (χ1) is 8.81. The molecule has 5 heteroatoms. The molecule has 0 bridgehead atoms. The molecule has 1 N–H and O–H groups in total. The average Bonchev–Trinajstić information content (AvgIpc) is 2.83. The molecule has 1 aromatic carbocycles. The molecule has 1 aliphatic rings. The Morgan fingerprint density at radius 1 is 1.44 bits per heavy atom. The Labute approximate surface area is 119 Å². The lowest BCUT2D eigenvalue weighted by Gasteiger charge is -2.23. The van der Waals surface area contributed by atoms with E-state index in [0.717, 1.165) is 39.5 Å². The highest BCUT2D eigenvalue weighted by atomic mass is 127. The first kappa shape index (κ1) is 12.4. The van der Waals surface area contributed by atoms with Gasteiger partial charge in [0.25, 0.3) is 0 Å². The van der Waals surface area contributed by atoms with E-state index in [4.69, 9.17) is 4.74 Å². The quantitative estimate of drug-likeness (QED) is 0.840. The fourth-order valence-corrected chi connectivity index (χ4v) is 3.10. The van der Waals surface area contributed by atoms with Gasteiger partial charge in [0.2, 0.25) is 0 Å². The van der Waals surface area contributed by atoms with Crippen LogP contribution in [0.4, 0.5) is 0 Å². The Balaban J connectivity index is 2.08. The van der Waals surface area contributed by atoms with Gasteiger partial charge < -0.3 is 9.84 Å². The molecule has 1 aliphatic heterocycles. The van der Waals surface area contributed by atoms with Gasteiger partial charge in [-0.25, -0.2) is 4.68 Å². The third kappa shape index (κ3) is 2.04. The van der Waals surface area contributed by atoms with E-state index in [1.54, 1.807) is 0 Å². The van der Waals surface area contributed by atoms with Crippen LogP contribution >= 0.6 is 22.6 Å². The molecule has 1 aromatic heterocycles. The second-order valence-corrected chi connectivity index (χ2v) is 5.69. The lowest BCUT2D eigenvalue weighted by atomic mass is 10.1. The predicted molar refractivity (Wildman–Crippen MR) is 77.2 cm³/mol. The number of aliphatic hydroxyl groups is 1. The van der Waals surface area contributed by atoms with Crippen molar-refractivity contribution in [2.24, 2.45) is 0 Å². The normalized spacial score (nSPS) is 20.4. The highest BCUT2D eigenvalue weighted by Crippen LogP contribution is 2.29. The highest BCUT2D eigenvalue weighted by molar-refractivity contribution is 14.1. The summed E-state index contributed by atoms with van der Waals surface area (Å²) in [5, 5.41) is 14.9. The van der Waals surface area contributed by atoms with Crippen molar-refractivity contribution in [2.45, 2.75) is 32.1 Å². The molecule has 3 rings (SSSR count). The standard InChI is InChI=1S/C13H15IN2O2/c14-11-4-5-12-9(10(11)8-17)7-15-16(12)13-3-1-2-6-18-13/h4-5,7,13,17H,1-3,6,8H2. The number of aliphatic hydroxyl groups excluding tert-OH is 1. The zero-order chi connectivity index (χ0) is 12.5. The van der Waals surface area contributed by atoms with E-state index in [0.29, 0.717) is 0 Å². The number of benzene rings is 1. The van der Waals surface area contributed by atoms with Crippen LogP contribution in [0.2, 0.25) is 0 Å². The van der Waals surface area contributed by atoms with E-state index >= 15 is 0 Å². The number of hydrogen-bond acceptors (Lipinski definition) is 3. The van der Waals surface area contributed by atoms with Crippen LogP contribution in [-0.4, -0.2) is 21.5 Å². The van der Waals surface area contributed by atoms with Gasteiger partial charge in [-0.3, -0.25) is 0 Å². The van der Waals surface area contributed by atoms with E-state index in [-0.39, 0.29) is 12.8 Å². The summed E-state index contributed by atoms with van der Waals surface area (Å²) in [5.74, 6) is 0. The molecule has 0 saturated carbocycles. The Morgan fingerprint density at radius 3 is 3.06 bits per heavy atom. The summed E-state index contributed by atoms with van der Waals surface area (Å²) in [7, 11) is 0. The van der Waals surface area contributed by atoms with Gasteiger partial charge in [0.1, 0.15) is 0 Å². The molecule has 2 aromatic rings. The first-order valence-electron chi connectivity index (χ1n) is 6.18. The van der Waals surface area contributed by atoms with Gasteiger partial charge in [-0.15, -0.1) is 0 Å². The minimum absolute atomic E-state index is 0.0443. The molecule has 1 saturated heterocycles. The van der Waals surface area contributed by atoms with Gasteiger partial charge in [0, 0.05) is 21.1 Å². The molecule has 0 spiro atoms. The van der Waals surface area contributed by atoms with Crippen LogP contribution in [0.25, 0.3) is 10.9 Å². The summed E-state index contributed by atoms with van der Waals surface area (Å²) < 4.78 is 8.79. The number of hydrogen-bond donors (Lipinski definition) is 1. The minimum Gasteiger partial charge on any atom is -0.392 e. The zero-order valence-electron chi connectivity index (χ0n) is 9.97. The maximum Gasteiger partial charge on any atom is 0.150 e. The van der Waals surface area contributed by atoms with Crippen LogP contribution in [-0.2, 0) is 11.3 Å². The summed E-state index contributed by atoms with van der Waals surface area (Å²) in [6.07, 6.45) is 5.21. The van der Waals surface area contributed by atoms with Gasteiger partial charge in [0.15, 0.2) is 6.23 Å². The second-order valence-electron chi connectivity index (χ2n) is 4.53. The van der Waals surface area contributed by atoms with E-state index < -0.39 is 0 Å². The molecule has 2 heterocycles. The fourth-order valence-electron chi connectivity index (χ4n) is 2.46. The largest absolute Gasteiger partial charge is 0.392 e. The Kier molecular flexibility index (Phi) is 3.54. The number of aromatic nitrogens is 2. The lowest BCUT2D eigenvalue weighted by Crippen LogP contribution is -2.18. The molecule has 1 unspecified atom stereocenters. The van der Waals surface area contributed by atoms with Crippen molar-refractivity contribution < 1.29 is 9.84 Å². The fraction of sp³-hybridized carbons (Fsp3) is 0.462. The van der Waals surface area contributed by atoms with Gasteiger partial charge in [0.05, 0.1) is 18.3 Å². The molecule has 4 nitrogen and oxygen atoms in total. The second kappa shape index (κ2) is 5.14. The molecule has 18 heavy (non-hydrogen) atoms. The molecule has 1 atom stereocenters. The molecule has 0 amide bonds. The Bertz CT molecular complexity index is 561. The number of ether oxygens (including phenoxy) is 1. The van der Waals surface area contributed by atoms with Crippen LogP contribution in [0.3, 0.4) is 0 Å². The van der Waals surface area contributed by atoms with Gasteiger partial charge in [-0.2, -0.15) is 5.10 Å². The summed E-state index contributed by atoms with van der Waals surface area (Å²) in [6.45, 7) is 0.857. The zero-order valence-corrected chi connectivity index (χ0v) is 12.1. The lowest BCUT2D eigenvalue weighted by molar-refractivity contribution is -0.0366. The number of nitrogens with zero attached hydrogens (tertiary/aromatic N) is 2. The Morgan fingerprint density at radius 2 is 2.33 bits per heavy atom. The van der Waals surface area contributed by atoms with Crippen molar-refractivity contribution in [3.8, 4) is 0 Å². The minimum atomic E-state index is 0.0443.